The van der Waals surface area contributed by atoms with Gasteiger partial charge in [0.05, 0.1) is 6.61 Å². The van der Waals surface area contributed by atoms with E-state index in [1.54, 1.807) is 19.2 Å². The van der Waals surface area contributed by atoms with Crippen molar-refractivity contribution >= 4 is 18.3 Å². The van der Waals surface area contributed by atoms with Crippen LogP contribution in [0, 0.1) is 0 Å². The van der Waals surface area contributed by atoms with Crippen LogP contribution in [-0.4, -0.2) is 38.3 Å². The molecule has 0 aliphatic heterocycles. The van der Waals surface area contributed by atoms with E-state index >= 15 is 0 Å². The smallest absolute Gasteiger partial charge is 0.251 e. The number of nitrogens with two attached hydrogens (primary N) is 1. The van der Waals surface area contributed by atoms with Gasteiger partial charge in [0.1, 0.15) is 5.75 Å². The molecule has 132 valence electrons. The number of ether oxygens (including phenoxy) is 2. The van der Waals surface area contributed by atoms with Gasteiger partial charge in [-0.25, -0.2) is 0 Å². The van der Waals surface area contributed by atoms with Crippen molar-refractivity contribution in [3.8, 4) is 5.75 Å². The lowest BCUT2D eigenvalue weighted by Gasteiger charge is -2.26. The van der Waals surface area contributed by atoms with Crippen LogP contribution in [-0.2, 0) is 4.74 Å². The summed E-state index contributed by atoms with van der Waals surface area (Å²) in [7, 11) is 1.66. The quantitative estimate of drug-likeness (QED) is 0.640. The highest BCUT2D eigenvalue weighted by Gasteiger charge is 2.21. The Morgan fingerprint density at radius 1 is 1.26 bits per heavy atom. The van der Waals surface area contributed by atoms with E-state index in [9.17, 15) is 4.79 Å². The van der Waals surface area contributed by atoms with Crippen LogP contribution in [0.4, 0.5) is 0 Å². The largest absolute Gasteiger partial charge is 0.493 e. The minimum Gasteiger partial charge on any atom is -0.493 e. The van der Waals surface area contributed by atoms with Crippen LogP contribution in [0.3, 0.4) is 0 Å². The monoisotopic (exact) mass is 344 g/mol. The average Bonchev–Trinajstić information content (AvgIpc) is 2.56. The molecule has 5 nitrogen and oxygen atoms in total. The Hall–Kier alpha value is -1.30. The summed E-state index contributed by atoms with van der Waals surface area (Å²) < 4.78 is 10.6. The van der Waals surface area contributed by atoms with Gasteiger partial charge in [0.2, 0.25) is 0 Å². The Kier molecular flexibility index (Phi) is 10.6. The maximum absolute atomic E-state index is 12.2. The van der Waals surface area contributed by atoms with Gasteiger partial charge in [-0.1, -0.05) is 19.9 Å². The summed E-state index contributed by atoms with van der Waals surface area (Å²) in [5, 5.41) is 2.91. The number of amides is 1. The molecule has 0 aliphatic carbocycles. The highest BCUT2D eigenvalue weighted by atomic mass is 35.5. The number of hydrogen-bond acceptors (Lipinski definition) is 4. The van der Waals surface area contributed by atoms with E-state index in [1.165, 1.54) is 0 Å². The number of carbonyl (C=O) groups is 1. The predicted octanol–water partition coefficient (Wildman–Crippen LogP) is 2.77. The Morgan fingerprint density at radius 2 is 1.96 bits per heavy atom. The van der Waals surface area contributed by atoms with E-state index in [1.807, 2.05) is 26.0 Å². The molecule has 0 bridgehead atoms. The normalized spacial score (nSPS) is 10.8. The van der Waals surface area contributed by atoms with E-state index < -0.39 is 0 Å². The average molecular weight is 345 g/mol. The second-order valence-corrected chi connectivity index (χ2v) is 5.47. The molecule has 0 heterocycles. The summed E-state index contributed by atoms with van der Waals surface area (Å²) in [4.78, 5) is 12.2. The molecule has 23 heavy (non-hydrogen) atoms. The van der Waals surface area contributed by atoms with Gasteiger partial charge >= 0.3 is 0 Å². The number of halogens is 1. The number of nitrogens with one attached hydrogen (secondary N) is 1. The molecule has 1 aromatic carbocycles. The second kappa shape index (κ2) is 11.3. The summed E-state index contributed by atoms with van der Waals surface area (Å²) in [5.41, 5.74) is 6.43. The van der Waals surface area contributed by atoms with Crippen LogP contribution in [0.2, 0.25) is 0 Å². The van der Waals surface area contributed by atoms with Gasteiger partial charge in [-0.15, -0.1) is 12.4 Å². The van der Waals surface area contributed by atoms with Crippen molar-refractivity contribution in [3.63, 3.8) is 0 Å². The van der Waals surface area contributed by atoms with E-state index in [0.29, 0.717) is 31.1 Å². The molecule has 0 aliphatic rings. The van der Waals surface area contributed by atoms with Crippen molar-refractivity contribution in [3.05, 3.63) is 29.8 Å². The van der Waals surface area contributed by atoms with Crippen LogP contribution in [0.15, 0.2) is 24.3 Å². The predicted molar refractivity (Wildman–Crippen MR) is 95.5 cm³/mol. The summed E-state index contributed by atoms with van der Waals surface area (Å²) in [6.45, 7) is 5.76. The van der Waals surface area contributed by atoms with E-state index in [2.05, 4.69) is 5.32 Å². The van der Waals surface area contributed by atoms with Crippen LogP contribution in [0.5, 0.6) is 5.75 Å². The summed E-state index contributed by atoms with van der Waals surface area (Å²) in [6.07, 6.45) is 2.47. The van der Waals surface area contributed by atoms with Crippen molar-refractivity contribution < 1.29 is 14.3 Å². The third-order valence-corrected chi connectivity index (χ3v) is 3.87. The lowest BCUT2D eigenvalue weighted by atomic mass is 9.94. The number of carbonyl (C=O) groups excluding carboxylic acids is 1. The third-order valence-electron chi connectivity index (χ3n) is 3.87. The summed E-state index contributed by atoms with van der Waals surface area (Å²) >= 11 is 0. The highest BCUT2D eigenvalue weighted by Crippen LogP contribution is 2.14. The second-order valence-electron chi connectivity index (χ2n) is 5.47. The van der Waals surface area contributed by atoms with Gasteiger partial charge in [-0.05, 0) is 31.0 Å². The van der Waals surface area contributed by atoms with Gasteiger partial charge in [0.25, 0.3) is 5.91 Å². The molecule has 0 radical (unpaired) electrons. The van der Waals surface area contributed by atoms with Crippen molar-refractivity contribution in [2.75, 3.05) is 26.9 Å². The zero-order valence-corrected chi connectivity index (χ0v) is 15.1. The van der Waals surface area contributed by atoms with Crippen LogP contribution in [0.25, 0.3) is 0 Å². The Balaban J connectivity index is 0.00000484. The van der Waals surface area contributed by atoms with Crippen LogP contribution >= 0.6 is 12.4 Å². The molecule has 1 amide bonds. The third kappa shape index (κ3) is 7.68. The van der Waals surface area contributed by atoms with Crippen LogP contribution < -0.4 is 15.8 Å². The highest BCUT2D eigenvalue weighted by molar-refractivity contribution is 5.94. The van der Waals surface area contributed by atoms with Crippen molar-refractivity contribution in [2.24, 2.45) is 5.73 Å². The standard InChI is InChI=1S/C17H28N2O3.ClH/c1-4-17(18,5-2)13-19-16(20)14-8-6-9-15(12-14)22-11-7-10-21-3;/h6,8-9,12H,4-5,7,10-11,13,18H2,1-3H3,(H,19,20);1H. The van der Waals surface area contributed by atoms with Gasteiger partial charge in [0, 0.05) is 37.8 Å². The Labute approximate surface area is 145 Å². The maximum atomic E-state index is 12.2. The maximum Gasteiger partial charge on any atom is 0.251 e. The minimum absolute atomic E-state index is 0. The van der Waals surface area contributed by atoms with Gasteiger partial charge in [-0.2, -0.15) is 0 Å². The molecule has 0 spiro atoms. The molecule has 0 aromatic heterocycles. The van der Waals surface area contributed by atoms with Crippen molar-refractivity contribution in [1.82, 2.24) is 5.32 Å². The van der Waals surface area contributed by atoms with Crippen molar-refractivity contribution in [2.45, 2.75) is 38.6 Å². The minimum atomic E-state index is -0.343. The SMILES string of the molecule is CCC(N)(CC)CNC(=O)c1cccc(OCCCOC)c1.Cl. The lowest BCUT2D eigenvalue weighted by molar-refractivity contribution is 0.0941. The first-order valence-corrected chi connectivity index (χ1v) is 7.83. The zero-order chi connectivity index (χ0) is 16.4. The Bertz CT molecular complexity index is 465. The molecule has 1 aromatic rings. The molecule has 0 saturated carbocycles. The first kappa shape index (κ1) is 21.7. The molecule has 6 heteroatoms. The number of rotatable bonds is 10. The van der Waals surface area contributed by atoms with E-state index in [-0.39, 0.29) is 23.9 Å². The molecular weight excluding hydrogens is 316 g/mol. The first-order chi connectivity index (χ1) is 10.5. The van der Waals surface area contributed by atoms with E-state index in [4.69, 9.17) is 15.2 Å². The number of benzene rings is 1. The molecule has 0 saturated heterocycles. The molecule has 0 fully saturated rings. The van der Waals surface area contributed by atoms with Gasteiger partial charge in [0.15, 0.2) is 0 Å². The fourth-order valence-electron chi connectivity index (χ4n) is 1.98. The van der Waals surface area contributed by atoms with Crippen molar-refractivity contribution in [1.29, 1.82) is 0 Å². The molecule has 3 N–H and O–H groups in total. The topological polar surface area (TPSA) is 73.6 Å². The molecule has 1 rings (SSSR count). The molecule has 0 unspecified atom stereocenters. The fraction of sp³-hybridized carbons (Fsp3) is 0.588. The number of methoxy groups -OCH3 is 1. The summed E-state index contributed by atoms with van der Waals surface area (Å²) in [5.74, 6) is 0.563. The molecule has 0 atom stereocenters. The molecular formula is C17H29ClN2O3. The lowest BCUT2D eigenvalue weighted by Crippen LogP contribution is -2.49. The van der Waals surface area contributed by atoms with Gasteiger partial charge in [-0.3, -0.25) is 4.79 Å². The van der Waals surface area contributed by atoms with E-state index in [0.717, 1.165) is 19.3 Å². The zero-order valence-electron chi connectivity index (χ0n) is 14.3. The number of hydrogen-bond donors (Lipinski definition) is 2. The first-order valence-electron chi connectivity index (χ1n) is 7.83. The Morgan fingerprint density at radius 3 is 2.57 bits per heavy atom. The summed E-state index contributed by atoms with van der Waals surface area (Å²) in [6, 6.07) is 7.18. The van der Waals surface area contributed by atoms with Crippen LogP contribution in [0.1, 0.15) is 43.5 Å². The van der Waals surface area contributed by atoms with Gasteiger partial charge < -0.3 is 20.5 Å². The fourth-order valence-corrected chi connectivity index (χ4v) is 1.98.